The quantitative estimate of drug-likeness (QED) is 0.824. The van der Waals surface area contributed by atoms with Crippen LogP contribution in [0.25, 0.3) is 16.8 Å². The highest BCUT2D eigenvalue weighted by atomic mass is 16.3. The number of aliphatic hydroxyl groups excluding tert-OH is 1. The third-order valence-electron chi connectivity index (χ3n) is 2.52. The predicted octanol–water partition coefficient (Wildman–Crippen LogP) is 2.94. The van der Waals surface area contributed by atoms with Gasteiger partial charge in [0.25, 0.3) is 0 Å². The number of hydrogen-bond acceptors (Lipinski definition) is 2. The highest BCUT2D eigenvalue weighted by Crippen LogP contribution is 2.29. The van der Waals surface area contributed by atoms with Crippen LogP contribution in [0.4, 0.5) is 0 Å². The van der Waals surface area contributed by atoms with Crippen LogP contribution in [0.2, 0.25) is 0 Å². The first kappa shape index (κ1) is 10.7. The summed E-state index contributed by atoms with van der Waals surface area (Å²) in [6.45, 7) is 0.130. The van der Waals surface area contributed by atoms with Crippen molar-refractivity contribution in [3.63, 3.8) is 0 Å². The molecule has 0 aliphatic heterocycles. The molecule has 0 fully saturated rings. The first-order chi connectivity index (χ1) is 7.83. The first-order valence-corrected chi connectivity index (χ1v) is 5.31. The molecule has 0 spiro atoms. The summed E-state index contributed by atoms with van der Waals surface area (Å²) >= 11 is 0. The van der Waals surface area contributed by atoms with Gasteiger partial charge in [0.15, 0.2) is 0 Å². The molecule has 0 heterocycles. The molecule has 2 rings (SSSR count). The summed E-state index contributed by atoms with van der Waals surface area (Å²) in [7, 11) is 0. The SMILES string of the molecule is OCCC=Cc1ccc2ccccc2c1O. The number of fused-ring (bicyclic) bond motifs is 1. The van der Waals surface area contributed by atoms with E-state index in [1.165, 1.54) is 0 Å². The van der Waals surface area contributed by atoms with Gasteiger partial charge < -0.3 is 10.2 Å². The van der Waals surface area contributed by atoms with E-state index in [1.54, 1.807) is 0 Å². The molecule has 0 aromatic heterocycles. The lowest BCUT2D eigenvalue weighted by Gasteiger charge is -2.04. The molecule has 2 heteroatoms. The van der Waals surface area contributed by atoms with E-state index >= 15 is 0 Å². The van der Waals surface area contributed by atoms with Crippen molar-refractivity contribution >= 4 is 16.8 Å². The highest BCUT2D eigenvalue weighted by molar-refractivity contribution is 5.91. The number of benzene rings is 2. The third kappa shape index (κ3) is 2.07. The van der Waals surface area contributed by atoms with Crippen molar-refractivity contribution in [1.29, 1.82) is 0 Å². The zero-order valence-electron chi connectivity index (χ0n) is 8.93. The monoisotopic (exact) mass is 214 g/mol. The summed E-state index contributed by atoms with van der Waals surface area (Å²) in [4.78, 5) is 0. The van der Waals surface area contributed by atoms with Crippen molar-refractivity contribution < 1.29 is 10.2 Å². The van der Waals surface area contributed by atoms with Gasteiger partial charge >= 0.3 is 0 Å². The maximum atomic E-state index is 10.0. The molecule has 0 radical (unpaired) electrons. The van der Waals surface area contributed by atoms with Gasteiger partial charge in [0.1, 0.15) is 5.75 Å². The highest BCUT2D eigenvalue weighted by Gasteiger charge is 2.02. The molecular formula is C14H14O2. The Labute approximate surface area is 94.5 Å². The van der Waals surface area contributed by atoms with Crippen molar-refractivity contribution in [2.45, 2.75) is 6.42 Å². The standard InChI is InChI=1S/C14H14O2/c15-10-4-3-6-12-9-8-11-5-1-2-7-13(11)14(12)16/h1-3,5-9,15-16H,4,10H2. The zero-order chi connectivity index (χ0) is 11.4. The number of aromatic hydroxyl groups is 1. The van der Waals surface area contributed by atoms with Crippen LogP contribution >= 0.6 is 0 Å². The Morgan fingerprint density at radius 3 is 2.69 bits per heavy atom. The summed E-state index contributed by atoms with van der Waals surface area (Å²) < 4.78 is 0. The van der Waals surface area contributed by atoms with E-state index in [0.29, 0.717) is 12.2 Å². The molecule has 82 valence electrons. The van der Waals surface area contributed by atoms with E-state index in [0.717, 1.165) is 16.3 Å². The molecule has 0 saturated carbocycles. The molecule has 0 amide bonds. The van der Waals surface area contributed by atoms with E-state index in [9.17, 15) is 5.11 Å². The summed E-state index contributed by atoms with van der Waals surface area (Å²) in [5.74, 6) is 0.298. The first-order valence-electron chi connectivity index (χ1n) is 5.31. The van der Waals surface area contributed by atoms with Crippen LogP contribution in [0.3, 0.4) is 0 Å². The average molecular weight is 214 g/mol. The average Bonchev–Trinajstić information content (AvgIpc) is 2.33. The topological polar surface area (TPSA) is 40.5 Å². The van der Waals surface area contributed by atoms with Crippen molar-refractivity contribution in [2.75, 3.05) is 6.61 Å². The Hall–Kier alpha value is -1.80. The lowest BCUT2D eigenvalue weighted by molar-refractivity contribution is 0.303. The minimum Gasteiger partial charge on any atom is -0.507 e. The molecule has 0 bridgehead atoms. The Balaban J connectivity index is 2.44. The van der Waals surface area contributed by atoms with Gasteiger partial charge in [-0.05, 0) is 11.8 Å². The van der Waals surface area contributed by atoms with Gasteiger partial charge in [0.05, 0.1) is 0 Å². The molecule has 0 unspecified atom stereocenters. The Morgan fingerprint density at radius 2 is 1.88 bits per heavy atom. The van der Waals surface area contributed by atoms with Crippen LogP contribution in [0, 0.1) is 0 Å². The Kier molecular flexibility index (Phi) is 3.22. The molecule has 2 nitrogen and oxygen atoms in total. The molecule has 0 aliphatic carbocycles. The molecule has 2 aromatic rings. The second-order valence-electron chi connectivity index (χ2n) is 3.64. The van der Waals surface area contributed by atoms with Crippen molar-refractivity contribution in [3.8, 4) is 5.75 Å². The lowest BCUT2D eigenvalue weighted by atomic mass is 10.0. The third-order valence-corrected chi connectivity index (χ3v) is 2.52. The van der Waals surface area contributed by atoms with Crippen molar-refractivity contribution in [1.82, 2.24) is 0 Å². The largest absolute Gasteiger partial charge is 0.507 e. The molecule has 0 saturated heterocycles. The van der Waals surface area contributed by atoms with E-state index < -0.39 is 0 Å². The van der Waals surface area contributed by atoms with Gasteiger partial charge in [0, 0.05) is 17.6 Å². The number of aliphatic hydroxyl groups is 1. The molecule has 16 heavy (non-hydrogen) atoms. The lowest BCUT2D eigenvalue weighted by Crippen LogP contribution is -1.80. The summed E-state index contributed by atoms with van der Waals surface area (Å²) in [5.41, 5.74) is 0.784. The summed E-state index contributed by atoms with van der Waals surface area (Å²) in [6, 6.07) is 11.6. The van der Waals surface area contributed by atoms with E-state index in [-0.39, 0.29) is 6.61 Å². The molecule has 2 N–H and O–H groups in total. The number of rotatable bonds is 3. The predicted molar refractivity (Wildman–Crippen MR) is 66.3 cm³/mol. The fourth-order valence-electron chi connectivity index (χ4n) is 1.69. The zero-order valence-corrected chi connectivity index (χ0v) is 8.93. The van der Waals surface area contributed by atoms with Crippen LogP contribution in [0.15, 0.2) is 42.5 Å². The van der Waals surface area contributed by atoms with Crippen LogP contribution in [0.1, 0.15) is 12.0 Å². The van der Waals surface area contributed by atoms with Crippen LogP contribution in [-0.2, 0) is 0 Å². The fourth-order valence-corrected chi connectivity index (χ4v) is 1.69. The number of hydrogen-bond donors (Lipinski definition) is 2. The van der Waals surface area contributed by atoms with E-state index in [2.05, 4.69) is 0 Å². The van der Waals surface area contributed by atoms with Crippen molar-refractivity contribution in [2.24, 2.45) is 0 Å². The van der Waals surface area contributed by atoms with Gasteiger partial charge in [-0.2, -0.15) is 0 Å². The summed E-state index contributed by atoms with van der Waals surface area (Å²) in [5, 5.41) is 20.6. The summed E-state index contributed by atoms with van der Waals surface area (Å²) in [6.07, 6.45) is 4.29. The molecule has 0 atom stereocenters. The number of phenolic OH excluding ortho intramolecular Hbond substituents is 1. The van der Waals surface area contributed by atoms with Gasteiger partial charge in [-0.15, -0.1) is 0 Å². The second-order valence-corrected chi connectivity index (χ2v) is 3.64. The normalized spacial score (nSPS) is 11.3. The molecule has 2 aromatic carbocycles. The minimum atomic E-state index is 0.130. The van der Waals surface area contributed by atoms with Crippen LogP contribution < -0.4 is 0 Å². The molecule has 0 aliphatic rings. The van der Waals surface area contributed by atoms with Crippen LogP contribution in [-0.4, -0.2) is 16.8 Å². The maximum absolute atomic E-state index is 10.0. The van der Waals surface area contributed by atoms with Gasteiger partial charge in [-0.1, -0.05) is 48.6 Å². The van der Waals surface area contributed by atoms with Gasteiger partial charge in [0.2, 0.25) is 0 Å². The Morgan fingerprint density at radius 1 is 1.06 bits per heavy atom. The maximum Gasteiger partial charge on any atom is 0.130 e. The van der Waals surface area contributed by atoms with Crippen molar-refractivity contribution in [3.05, 3.63) is 48.0 Å². The second kappa shape index (κ2) is 4.81. The van der Waals surface area contributed by atoms with E-state index in [1.807, 2.05) is 48.6 Å². The number of phenols is 1. The molecular weight excluding hydrogens is 200 g/mol. The van der Waals surface area contributed by atoms with Crippen LogP contribution in [0.5, 0.6) is 5.75 Å². The minimum absolute atomic E-state index is 0.130. The van der Waals surface area contributed by atoms with Gasteiger partial charge in [-0.25, -0.2) is 0 Å². The van der Waals surface area contributed by atoms with Gasteiger partial charge in [-0.3, -0.25) is 0 Å². The van der Waals surface area contributed by atoms with E-state index in [4.69, 9.17) is 5.11 Å². The Bertz CT molecular complexity index is 515. The fraction of sp³-hybridized carbons (Fsp3) is 0.143. The smallest absolute Gasteiger partial charge is 0.130 e.